The summed E-state index contributed by atoms with van der Waals surface area (Å²) in [5, 5.41) is 4.54. The molecule has 0 aliphatic rings. The highest BCUT2D eigenvalue weighted by Gasteiger charge is 2.16. The zero-order chi connectivity index (χ0) is 14.4. The van der Waals surface area contributed by atoms with Crippen LogP contribution in [0.1, 0.15) is 26.3 Å². The van der Waals surface area contributed by atoms with Crippen molar-refractivity contribution in [2.75, 3.05) is 20.6 Å². The molecule has 0 aliphatic carbocycles. The van der Waals surface area contributed by atoms with Crippen LogP contribution in [0.25, 0.3) is 0 Å². The number of nitrogens with one attached hydrogen (secondary N) is 1. The van der Waals surface area contributed by atoms with Crippen LogP contribution in [-0.2, 0) is 6.42 Å². The van der Waals surface area contributed by atoms with Crippen LogP contribution in [0.4, 0.5) is 0 Å². The van der Waals surface area contributed by atoms with E-state index in [0.29, 0.717) is 18.0 Å². The molecule has 1 N–H and O–H groups in total. The lowest BCUT2D eigenvalue weighted by Gasteiger charge is -2.29. The van der Waals surface area contributed by atoms with Gasteiger partial charge < -0.3 is 10.2 Å². The Morgan fingerprint density at radius 1 is 1.11 bits per heavy atom. The van der Waals surface area contributed by atoms with Gasteiger partial charge in [-0.2, -0.15) is 0 Å². The molecule has 108 valence electrons. The molecule has 2 atom stereocenters. The Morgan fingerprint density at radius 3 is 2.16 bits per heavy atom. The molecule has 0 aliphatic heterocycles. The zero-order valence-corrected chi connectivity index (χ0v) is 13.5. The van der Waals surface area contributed by atoms with Crippen LogP contribution in [0.15, 0.2) is 24.3 Å². The summed E-state index contributed by atoms with van der Waals surface area (Å²) in [5.41, 5.74) is 1.33. The molecule has 1 rings (SSSR count). The largest absolute Gasteiger partial charge is 0.310 e. The smallest absolute Gasteiger partial charge is 0.0406 e. The van der Waals surface area contributed by atoms with Crippen molar-refractivity contribution in [2.45, 2.75) is 39.3 Å². The predicted octanol–water partition coefficient (Wildman–Crippen LogP) is 3.45. The van der Waals surface area contributed by atoms with Crippen molar-refractivity contribution in [2.24, 2.45) is 5.92 Å². The molecule has 0 saturated heterocycles. The molecule has 0 heterocycles. The molecule has 0 spiro atoms. The molecule has 0 amide bonds. The minimum Gasteiger partial charge on any atom is -0.310 e. The molecular weight excluding hydrogens is 256 g/mol. The van der Waals surface area contributed by atoms with E-state index in [0.717, 1.165) is 18.0 Å². The van der Waals surface area contributed by atoms with Gasteiger partial charge in [-0.05, 0) is 51.1 Å². The molecule has 1 aromatic rings. The van der Waals surface area contributed by atoms with E-state index in [1.54, 1.807) is 0 Å². The summed E-state index contributed by atoms with van der Waals surface area (Å²) < 4.78 is 0. The maximum absolute atomic E-state index is 5.91. The van der Waals surface area contributed by atoms with Crippen LogP contribution in [0, 0.1) is 5.92 Å². The second-order valence-electron chi connectivity index (χ2n) is 6.01. The normalized spacial score (nSPS) is 14.9. The zero-order valence-electron chi connectivity index (χ0n) is 12.8. The first-order valence-corrected chi connectivity index (χ1v) is 7.41. The minimum absolute atomic E-state index is 0.466. The van der Waals surface area contributed by atoms with E-state index in [2.05, 4.69) is 57.2 Å². The van der Waals surface area contributed by atoms with Gasteiger partial charge >= 0.3 is 0 Å². The summed E-state index contributed by atoms with van der Waals surface area (Å²) in [6.45, 7) is 7.87. The van der Waals surface area contributed by atoms with Crippen molar-refractivity contribution in [1.82, 2.24) is 10.2 Å². The number of nitrogens with zero attached hydrogens (tertiary/aromatic N) is 1. The lowest BCUT2D eigenvalue weighted by atomic mass is 10.0. The monoisotopic (exact) mass is 282 g/mol. The number of hydrogen-bond acceptors (Lipinski definition) is 2. The van der Waals surface area contributed by atoms with E-state index < -0.39 is 0 Å². The number of halogens is 1. The summed E-state index contributed by atoms with van der Waals surface area (Å²) in [6, 6.07) is 9.13. The predicted molar refractivity (Wildman–Crippen MR) is 84.9 cm³/mol. The van der Waals surface area contributed by atoms with Crippen molar-refractivity contribution >= 4 is 11.6 Å². The fourth-order valence-electron chi connectivity index (χ4n) is 2.25. The van der Waals surface area contributed by atoms with Crippen LogP contribution >= 0.6 is 11.6 Å². The fourth-order valence-corrected chi connectivity index (χ4v) is 2.37. The number of benzene rings is 1. The summed E-state index contributed by atoms with van der Waals surface area (Å²) in [4.78, 5) is 2.24. The van der Waals surface area contributed by atoms with Crippen LogP contribution < -0.4 is 5.32 Å². The second-order valence-corrected chi connectivity index (χ2v) is 6.45. The highest BCUT2D eigenvalue weighted by molar-refractivity contribution is 6.30. The van der Waals surface area contributed by atoms with Crippen LogP contribution in [0.5, 0.6) is 0 Å². The molecule has 0 saturated carbocycles. The lowest BCUT2D eigenvalue weighted by Crippen LogP contribution is -2.46. The first kappa shape index (κ1) is 16.5. The summed E-state index contributed by atoms with van der Waals surface area (Å²) in [7, 11) is 4.25. The number of likely N-dealkylation sites (N-methyl/N-ethyl adjacent to an activating group) is 1. The third kappa shape index (κ3) is 6.42. The topological polar surface area (TPSA) is 15.3 Å². The first-order valence-electron chi connectivity index (χ1n) is 7.03. The Kier molecular flexibility index (Phi) is 6.84. The van der Waals surface area contributed by atoms with Crippen molar-refractivity contribution in [3.63, 3.8) is 0 Å². The molecule has 2 unspecified atom stereocenters. The van der Waals surface area contributed by atoms with E-state index >= 15 is 0 Å². The number of rotatable bonds is 7. The Morgan fingerprint density at radius 2 is 1.68 bits per heavy atom. The first-order chi connectivity index (χ1) is 8.88. The van der Waals surface area contributed by atoms with Gasteiger partial charge in [0, 0.05) is 23.7 Å². The van der Waals surface area contributed by atoms with Crippen molar-refractivity contribution < 1.29 is 0 Å². The molecular formula is C16H27ClN2. The van der Waals surface area contributed by atoms with E-state index in [1.165, 1.54) is 5.56 Å². The average Bonchev–Trinajstić information content (AvgIpc) is 2.30. The standard InChI is InChI=1S/C16H27ClN2/c1-12(2)16(11-19(4)5)18-13(3)10-14-6-8-15(17)9-7-14/h6-9,12-13,16,18H,10-11H2,1-5H3. The van der Waals surface area contributed by atoms with Crippen LogP contribution in [0.2, 0.25) is 5.02 Å². The number of hydrogen-bond donors (Lipinski definition) is 1. The second kappa shape index (κ2) is 7.88. The van der Waals surface area contributed by atoms with Gasteiger partial charge in [-0.25, -0.2) is 0 Å². The van der Waals surface area contributed by atoms with E-state index in [4.69, 9.17) is 11.6 Å². The van der Waals surface area contributed by atoms with E-state index in [1.807, 2.05) is 12.1 Å². The maximum atomic E-state index is 5.91. The molecule has 0 bridgehead atoms. The van der Waals surface area contributed by atoms with Crippen molar-refractivity contribution in [1.29, 1.82) is 0 Å². The van der Waals surface area contributed by atoms with Crippen molar-refractivity contribution in [3.05, 3.63) is 34.9 Å². The Bertz CT molecular complexity index is 360. The molecule has 2 nitrogen and oxygen atoms in total. The summed E-state index contributed by atoms with van der Waals surface area (Å²) >= 11 is 5.91. The fraction of sp³-hybridized carbons (Fsp3) is 0.625. The van der Waals surface area contributed by atoms with Gasteiger partial charge in [0.05, 0.1) is 0 Å². The van der Waals surface area contributed by atoms with Gasteiger partial charge in [0.1, 0.15) is 0 Å². The van der Waals surface area contributed by atoms with Gasteiger partial charge in [-0.3, -0.25) is 0 Å². The van der Waals surface area contributed by atoms with Gasteiger partial charge in [0.15, 0.2) is 0 Å². The summed E-state index contributed by atoms with van der Waals surface area (Å²) in [5.74, 6) is 0.634. The van der Waals surface area contributed by atoms with Gasteiger partial charge in [-0.15, -0.1) is 0 Å². The Balaban J connectivity index is 2.52. The van der Waals surface area contributed by atoms with Crippen molar-refractivity contribution in [3.8, 4) is 0 Å². The molecule has 3 heteroatoms. The third-order valence-corrected chi connectivity index (χ3v) is 3.57. The van der Waals surface area contributed by atoms with E-state index in [-0.39, 0.29) is 0 Å². The van der Waals surface area contributed by atoms with Gasteiger partial charge in [-0.1, -0.05) is 37.6 Å². The molecule has 0 radical (unpaired) electrons. The highest BCUT2D eigenvalue weighted by atomic mass is 35.5. The maximum Gasteiger partial charge on any atom is 0.0406 e. The quantitative estimate of drug-likeness (QED) is 0.824. The summed E-state index contributed by atoms with van der Waals surface area (Å²) in [6.07, 6.45) is 1.04. The van der Waals surface area contributed by atoms with Crippen LogP contribution in [0.3, 0.4) is 0 Å². The molecule has 1 aromatic carbocycles. The minimum atomic E-state index is 0.466. The van der Waals surface area contributed by atoms with Gasteiger partial charge in [0.2, 0.25) is 0 Å². The Labute approximate surface area is 123 Å². The molecule has 0 fully saturated rings. The third-order valence-electron chi connectivity index (χ3n) is 3.32. The SMILES string of the molecule is CC(Cc1ccc(Cl)cc1)NC(CN(C)C)C(C)C. The highest BCUT2D eigenvalue weighted by Crippen LogP contribution is 2.12. The lowest BCUT2D eigenvalue weighted by molar-refractivity contribution is 0.272. The van der Waals surface area contributed by atoms with E-state index in [9.17, 15) is 0 Å². The molecule has 0 aromatic heterocycles. The van der Waals surface area contributed by atoms with Gasteiger partial charge in [0.25, 0.3) is 0 Å². The molecule has 19 heavy (non-hydrogen) atoms. The Hall–Kier alpha value is -0.570. The average molecular weight is 283 g/mol. The van der Waals surface area contributed by atoms with Crippen LogP contribution in [-0.4, -0.2) is 37.6 Å².